The molecule has 102 valence electrons. The summed E-state index contributed by atoms with van der Waals surface area (Å²) in [6, 6.07) is 10.5. The monoisotopic (exact) mass is 267 g/mol. The van der Waals surface area contributed by atoms with Crippen molar-refractivity contribution < 1.29 is 8.98 Å². The molecule has 0 aliphatic heterocycles. The molecule has 1 aromatic carbocycles. The molecule has 3 heteroatoms. The van der Waals surface area contributed by atoms with Crippen molar-refractivity contribution in [2.75, 3.05) is 0 Å². The largest absolute Gasteiger partial charge is 0.434 e. The van der Waals surface area contributed by atoms with Crippen molar-refractivity contribution in [2.45, 2.75) is 26.7 Å². The van der Waals surface area contributed by atoms with E-state index in [4.69, 9.17) is 4.42 Å². The Bertz CT molecular complexity index is 772. The molecule has 0 fully saturated rings. The van der Waals surface area contributed by atoms with E-state index in [-0.39, 0.29) is 0 Å². The molecule has 20 heavy (non-hydrogen) atoms. The highest BCUT2D eigenvalue weighted by Gasteiger charge is 2.18. The molecular formula is C17H19N2O+. The first-order chi connectivity index (χ1) is 9.56. The summed E-state index contributed by atoms with van der Waals surface area (Å²) in [5.74, 6) is 1.09. The minimum atomic E-state index is 0.301. The molecule has 0 aliphatic carbocycles. The summed E-state index contributed by atoms with van der Waals surface area (Å²) in [7, 11) is 2.04. The lowest BCUT2D eigenvalue weighted by atomic mass is 10.0. The minimum Gasteiger partial charge on any atom is -0.434 e. The van der Waals surface area contributed by atoms with E-state index in [1.165, 1.54) is 11.1 Å². The molecule has 0 unspecified atom stereocenters. The van der Waals surface area contributed by atoms with Crippen LogP contribution in [0.15, 0.2) is 40.9 Å². The number of rotatable bonds is 2. The average Bonchev–Trinajstić information content (AvgIpc) is 2.81. The summed E-state index contributed by atoms with van der Waals surface area (Å²) in [6.45, 7) is 6.31. The second kappa shape index (κ2) is 4.75. The van der Waals surface area contributed by atoms with Crippen LogP contribution in [0.25, 0.3) is 22.4 Å². The van der Waals surface area contributed by atoms with Crippen molar-refractivity contribution in [1.29, 1.82) is 0 Å². The molecule has 3 nitrogen and oxygen atoms in total. The zero-order chi connectivity index (χ0) is 14.3. The summed E-state index contributed by atoms with van der Waals surface area (Å²) in [6.07, 6.45) is 2.01. The summed E-state index contributed by atoms with van der Waals surface area (Å²) >= 11 is 0. The summed E-state index contributed by atoms with van der Waals surface area (Å²) in [5.41, 5.74) is 5.40. The Morgan fingerprint density at radius 1 is 1.20 bits per heavy atom. The zero-order valence-electron chi connectivity index (χ0n) is 12.3. The molecule has 0 saturated carbocycles. The van der Waals surface area contributed by atoms with Gasteiger partial charge in [-0.1, -0.05) is 32.0 Å². The van der Waals surface area contributed by atoms with Crippen LogP contribution in [0.2, 0.25) is 0 Å². The van der Waals surface area contributed by atoms with Gasteiger partial charge in [-0.15, -0.1) is 0 Å². The first kappa shape index (κ1) is 12.9. The maximum atomic E-state index is 5.80. The van der Waals surface area contributed by atoms with E-state index in [0.29, 0.717) is 5.92 Å². The van der Waals surface area contributed by atoms with Crippen molar-refractivity contribution in [2.24, 2.45) is 7.05 Å². The first-order valence-electron chi connectivity index (χ1n) is 6.92. The summed E-state index contributed by atoms with van der Waals surface area (Å²) in [5, 5.41) is 0. The van der Waals surface area contributed by atoms with Crippen LogP contribution >= 0.6 is 0 Å². The van der Waals surface area contributed by atoms with Gasteiger partial charge in [-0.3, -0.25) is 0 Å². The number of hydrogen-bond acceptors (Lipinski definition) is 2. The highest BCUT2D eigenvalue weighted by Crippen LogP contribution is 2.25. The molecule has 0 bridgehead atoms. The van der Waals surface area contributed by atoms with Gasteiger partial charge in [0, 0.05) is 17.5 Å². The number of oxazole rings is 1. The van der Waals surface area contributed by atoms with Gasteiger partial charge in [0.1, 0.15) is 12.6 Å². The highest BCUT2D eigenvalue weighted by molar-refractivity contribution is 5.76. The van der Waals surface area contributed by atoms with E-state index in [1.54, 1.807) is 0 Å². The van der Waals surface area contributed by atoms with Crippen LogP contribution in [0.4, 0.5) is 0 Å². The molecule has 0 saturated heterocycles. The zero-order valence-corrected chi connectivity index (χ0v) is 12.3. The van der Waals surface area contributed by atoms with Gasteiger partial charge in [-0.25, -0.2) is 4.98 Å². The van der Waals surface area contributed by atoms with Crippen molar-refractivity contribution in [3.8, 4) is 11.3 Å². The van der Waals surface area contributed by atoms with E-state index in [9.17, 15) is 0 Å². The van der Waals surface area contributed by atoms with Crippen molar-refractivity contribution in [3.63, 3.8) is 0 Å². The van der Waals surface area contributed by atoms with E-state index >= 15 is 0 Å². The second-order valence-corrected chi connectivity index (χ2v) is 5.54. The lowest BCUT2D eigenvalue weighted by Gasteiger charge is -2.03. The van der Waals surface area contributed by atoms with Gasteiger partial charge >= 0.3 is 0 Å². The maximum Gasteiger partial charge on any atom is 0.218 e. The number of pyridine rings is 1. The van der Waals surface area contributed by atoms with Gasteiger partial charge in [0.15, 0.2) is 5.89 Å². The average molecular weight is 267 g/mol. The summed E-state index contributed by atoms with van der Waals surface area (Å²) in [4.78, 5) is 4.59. The van der Waals surface area contributed by atoms with E-state index in [2.05, 4.69) is 60.7 Å². The maximum absolute atomic E-state index is 5.80. The topological polar surface area (TPSA) is 29.9 Å². The number of aryl methyl sites for hydroxylation is 2. The molecule has 2 aromatic heterocycles. The Morgan fingerprint density at radius 2 is 1.95 bits per heavy atom. The third-order valence-electron chi connectivity index (χ3n) is 3.58. The standard InChI is InChI=1S/C17H19N2O/c1-11(2)17-18-14-9-15(19(4)10-16(14)20-17)13-8-6-5-7-12(13)3/h5-11H,1-4H3/q+1. The summed E-state index contributed by atoms with van der Waals surface area (Å²) < 4.78 is 7.90. The molecule has 2 heterocycles. The van der Waals surface area contributed by atoms with Gasteiger partial charge in [0.25, 0.3) is 0 Å². The smallest absolute Gasteiger partial charge is 0.218 e. The molecule has 0 radical (unpaired) electrons. The third kappa shape index (κ3) is 2.09. The molecule has 0 spiro atoms. The Kier molecular flexibility index (Phi) is 3.05. The van der Waals surface area contributed by atoms with Crippen molar-refractivity contribution in [3.05, 3.63) is 48.0 Å². The molecule has 0 aliphatic rings. The number of fused-ring (bicyclic) bond motifs is 1. The van der Waals surface area contributed by atoms with Gasteiger partial charge in [-0.2, -0.15) is 4.57 Å². The number of benzene rings is 1. The molecule has 0 atom stereocenters. The number of hydrogen-bond donors (Lipinski definition) is 0. The predicted molar refractivity (Wildman–Crippen MR) is 79.4 cm³/mol. The van der Waals surface area contributed by atoms with Gasteiger partial charge in [-0.05, 0) is 18.6 Å². The van der Waals surface area contributed by atoms with Crippen LogP contribution < -0.4 is 4.57 Å². The molecular weight excluding hydrogens is 248 g/mol. The second-order valence-electron chi connectivity index (χ2n) is 5.54. The number of nitrogens with zero attached hydrogens (tertiary/aromatic N) is 2. The Balaban J connectivity index is 2.22. The molecule has 0 amide bonds. The van der Waals surface area contributed by atoms with Crippen molar-refractivity contribution in [1.82, 2.24) is 4.98 Å². The minimum absolute atomic E-state index is 0.301. The Morgan fingerprint density at radius 3 is 2.65 bits per heavy atom. The van der Waals surface area contributed by atoms with Gasteiger partial charge in [0.2, 0.25) is 17.5 Å². The third-order valence-corrected chi connectivity index (χ3v) is 3.58. The van der Waals surface area contributed by atoms with E-state index in [0.717, 1.165) is 22.7 Å². The predicted octanol–water partition coefficient (Wildman–Crippen LogP) is 3.75. The quantitative estimate of drug-likeness (QED) is 0.662. The fourth-order valence-corrected chi connectivity index (χ4v) is 2.41. The van der Waals surface area contributed by atoms with Crippen LogP contribution in [0.3, 0.4) is 0 Å². The van der Waals surface area contributed by atoms with Crippen LogP contribution in [-0.2, 0) is 7.05 Å². The van der Waals surface area contributed by atoms with Crippen LogP contribution in [0.5, 0.6) is 0 Å². The first-order valence-corrected chi connectivity index (χ1v) is 6.92. The van der Waals surface area contributed by atoms with Crippen LogP contribution in [-0.4, -0.2) is 4.98 Å². The molecule has 0 N–H and O–H groups in total. The Labute approximate surface area is 118 Å². The van der Waals surface area contributed by atoms with Crippen LogP contribution in [0, 0.1) is 6.92 Å². The van der Waals surface area contributed by atoms with Crippen molar-refractivity contribution >= 4 is 11.1 Å². The fourth-order valence-electron chi connectivity index (χ4n) is 2.41. The molecule has 3 rings (SSSR count). The molecule has 3 aromatic rings. The van der Waals surface area contributed by atoms with E-state index < -0.39 is 0 Å². The lowest BCUT2D eigenvalue weighted by Crippen LogP contribution is -2.30. The SMILES string of the molecule is Cc1ccccc1-c1cc2nc(C(C)C)oc2c[n+]1C. The highest BCUT2D eigenvalue weighted by atomic mass is 16.3. The Hall–Kier alpha value is -2.16. The lowest BCUT2D eigenvalue weighted by molar-refractivity contribution is -0.659. The van der Waals surface area contributed by atoms with Crippen LogP contribution in [0.1, 0.15) is 31.2 Å². The fraction of sp³-hybridized carbons (Fsp3) is 0.294. The van der Waals surface area contributed by atoms with E-state index in [1.807, 2.05) is 13.2 Å². The van der Waals surface area contributed by atoms with Gasteiger partial charge < -0.3 is 4.42 Å². The van der Waals surface area contributed by atoms with Gasteiger partial charge in [0.05, 0.1) is 0 Å². The number of aromatic nitrogens is 2. The normalized spacial score (nSPS) is 11.4.